The van der Waals surface area contributed by atoms with Gasteiger partial charge in [-0.15, -0.1) is 0 Å². The summed E-state index contributed by atoms with van der Waals surface area (Å²) in [4.78, 5) is 0. The summed E-state index contributed by atoms with van der Waals surface area (Å²) in [6.45, 7) is 8.22. The van der Waals surface area contributed by atoms with E-state index in [1.165, 1.54) is 12.1 Å². The van der Waals surface area contributed by atoms with Gasteiger partial charge in [-0.25, -0.2) is 8.78 Å². The SMILES string of the molecule is CCOC(C(N)c1cccc(F)c1F)C(C)(C)C. The Hall–Kier alpha value is -1.00. The molecule has 0 spiro atoms. The number of nitrogens with two attached hydrogens (primary N) is 1. The molecular weight excluding hydrogens is 236 g/mol. The normalized spacial score (nSPS) is 15.5. The van der Waals surface area contributed by atoms with Gasteiger partial charge in [0.1, 0.15) is 0 Å². The standard InChI is InChI=1S/C14H21F2NO/c1-5-18-13(14(2,3)4)12(17)9-7-6-8-10(15)11(9)16/h6-8,12-13H,5,17H2,1-4H3. The number of ether oxygens (including phenoxy) is 1. The van der Waals surface area contributed by atoms with Crippen LogP contribution in [0.5, 0.6) is 0 Å². The minimum atomic E-state index is -0.890. The molecule has 0 heterocycles. The second-order valence-electron chi connectivity index (χ2n) is 5.41. The van der Waals surface area contributed by atoms with Crippen LogP contribution in [-0.2, 0) is 4.74 Å². The van der Waals surface area contributed by atoms with Gasteiger partial charge in [0.25, 0.3) is 0 Å². The van der Waals surface area contributed by atoms with Crippen LogP contribution < -0.4 is 5.73 Å². The monoisotopic (exact) mass is 257 g/mol. The van der Waals surface area contributed by atoms with E-state index in [0.29, 0.717) is 6.61 Å². The van der Waals surface area contributed by atoms with Crippen LogP contribution in [0.3, 0.4) is 0 Å². The van der Waals surface area contributed by atoms with Gasteiger partial charge in [0.2, 0.25) is 0 Å². The predicted octanol–water partition coefficient (Wildman–Crippen LogP) is 3.42. The first kappa shape index (κ1) is 15.1. The zero-order valence-corrected chi connectivity index (χ0v) is 11.3. The Kier molecular flexibility index (Phi) is 4.82. The second-order valence-corrected chi connectivity index (χ2v) is 5.41. The predicted molar refractivity (Wildman–Crippen MR) is 68.2 cm³/mol. The fraction of sp³-hybridized carbons (Fsp3) is 0.571. The van der Waals surface area contributed by atoms with Crippen molar-refractivity contribution in [3.05, 3.63) is 35.4 Å². The molecule has 4 heteroatoms. The van der Waals surface area contributed by atoms with Crippen LogP contribution in [0, 0.1) is 17.0 Å². The molecule has 0 aliphatic rings. The van der Waals surface area contributed by atoms with Crippen LogP contribution in [0.15, 0.2) is 18.2 Å². The van der Waals surface area contributed by atoms with Gasteiger partial charge in [-0.1, -0.05) is 32.9 Å². The smallest absolute Gasteiger partial charge is 0.163 e. The Morgan fingerprint density at radius 3 is 2.39 bits per heavy atom. The van der Waals surface area contributed by atoms with E-state index in [4.69, 9.17) is 10.5 Å². The number of hydrogen-bond acceptors (Lipinski definition) is 2. The number of rotatable bonds is 4. The number of halogens is 2. The van der Waals surface area contributed by atoms with E-state index in [1.54, 1.807) is 0 Å². The topological polar surface area (TPSA) is 35.2 Å². The lowest BCUT2D eigenvalue weighted by Crippen LogP contribution is -2.40. The third kappa shape index (κ3) is 3.27. The molecule has 2 atom stereocenters. The van der Waals surface area contributed by atoms with Crippen molar-refractivity contribution in [3.8, 4) is 0 Å². The summed E-state index contributed by atoms with van der Waals surface area (Å²) < 4.78 is 32.5. The summed E-state index contributed by atoms with van der Waals surface area (Å²) in [6, 6.07) is 3.35. The Bertz CT molecular complexity index is 401. The molecule has 2 nitrogen and oxygen atoms in total. The van der Waals surface area contributed by atoms with E-state index < -0.39 is 17.7 Å². The zero-order valence-electron chi connectivity index (χ0n) is 11.3. The molecule has 102 valence electrons. The van der Waals surface area contributed by atoms with Crippen molar-refractivity contribution in [2.24, 2.45) is 11.1 Å². The average molecular weight is 257 g/mol. The third-order valence-electron chi connectivity index (χ3n) is 2.87. The van der Waals surface area contributed by atoms with Crippen LogP contribution >= 0.6 is 0 Å². The number of benzene rings is 1. The lowest BCUT2D eigenvalue weighted by molar-refractivity contribution is -0.0290. The van der Waals surface area contributed by atoms with E-state index >= 15 is 0 Å². The van der Waals surface area contributed by atoms with Crippen molar-refractivity contribution < 1.29 is 13.5 Å². The molecule has 0 aliphatic carbocycles. The van der Waals surface area contributed by atoms with Crippen molar-refractivity contribution >= 4 is 0 Å². The molecule has 1 aromatic carbocycles. The summed E-state index contributed by atoms with van der Waals surface area (Å²) in [7, 11) is 0. The van der Waals surface area contributed by atoms with Crippen LogP contribution in [0.2, 0.25) is 0 Å². The molecule has 1 rings (SSSR count). The summed E-state index contributed by atoms with van der Waals surface area (Å²) in [6.07, 6.45) is -0.376. The number of hydrogen-bond donors (Lipinski definition) is 1. The fourth-order valence-corrected chi connectivity index (χ4v) is 2.01. The van der Waals surface area contributed by atoms with Gasteiger partial charge in [0, 0.05) is 12.2 Å². The first-order chi connectivity index (χ1) is 8.29. The maximum atomic E-state index is 13.7. The van der Waals surface area contributed by atoms with Gasteiger partial charge in [0.15, 0.2) is 11.6 Å². The molecule has 0 saturated heterocycles. The van der Waals surface area contributed by atoms with Crippen molar-refractivity contribution in [3.63, 3.8) is 0 Å². The van der Waals surface area contributed by atoms with Crippen LogP contribution in [0.25, 0.3) is 0 Å². The minimum Gasteiger partial charge on any atom is -0.376 e. The van der Waals surface area contributed by atoms with Crippen LogP contribution in [0.1, 0.15) is 39.3 Å². The lowest BCUT2D eigenvalue weighted by atomic mass is 9.82. The Morgan fingerprint density at radius 2 is 1.89 bits per heavy atom. The van der Waals surface area contributed by atoms with Gasteiger partial charge < -0.3 is 10.5 Å². The van der Waals surface area contributed by atoms with Crippen molar-refractivity contribution in [1.82, 2.24) is 0 Å². The lowest BCUT2D eigenvalue weighted by Gasteiger charge is -2.35. The van der Waals surface area contributed by atoms with Crippen molar-refractivity contribution in [1.29, 1.82) is 0 Å². The van der Waals surface area contributed by atoms with E-state index in [-0.39, 0.29) is 17.1 Å². The Morgan fingerprint density at radius 1 is 1.28 bits per heavy atom. The summed E-state index contributed by atoms with van der Waals surface area (Å²) in [5.41, 5.74) is 5.95. The third-order valence-corrected chi connectivity index (χ3v) is 2.87. The van der Waals surface area contributed by atoms with Crippen molar-refractivity contribution in [2.45, 2.75) is 39.8 Å². The fourth-order valence-electron chi connectivity index (χ4n) is 2.01. The molecule has 0 aliphatic heterocycles. The highest BCUT2D eigenvalue weighted by Crippen LogP contribution is 2.32. The molecule has 18 heavy (non-hydrogen) atoms. The highest BCUT2D eigenvalue weighted by molar-refractivity contribution is 5.23. The van der Waals surface area contributed by atoms with E-state index in [9.17, 15) is 8.78 Å². The first-order valence-corrected chi connectivity index (χ1v) is 6.10. The van der Waals surface area contributed by atoms with Gasteiger partial charge in [-0.05, 0) is 18.4 Å². The molecule has 0 saturated carbocycles. The molecule has 0 aromatic heterocycles. The zero-order chi connectivity index (χ0) is 13.9. The molecule has 2 N–H and O–H groups in total. The highest BCUT2D eigenvalue weighted by Gasteiger charge is 2.33. The average Bonchev–Trinajstić information content (AvgIpc) is 2.27. The second kappa shape index (κ2) is 5.76. The summed E-state index contributed by atoms with van der Waals surface area (Å²) in [5.74, 6) is -1.77. The van der Waals surface area contributed by atoms with Crippen LogP contribution in [-0.4, -0.2) is 12.7 Å². The molecule has 2 unspecified atom stereocenters. The Labute approximate surface area is 107 Å². The molecule has 0 amide bonds. The van der Waals surface area contributed by atoms with Crippen molar-refractivity contribution in [2.75, 3.05) is 6.61 Å². The van der Waals surface area contributed by atoms with Gasteiger partial charge in [-0.2, -0.15) is 0 Å². The molecule has 1 aromatic rings. The largest absolute Gasteiger partial charge is 0.376 e. The summed E-state index contributed by atoms with van der Waals surface area (Å²) >= 11 is 0. The quantitative estimate of drug-likeness (QED) is 0.897. The maximum absolute atomic E-state index is 13.7. The van der Waals surface area contributed by atoms with E-state index in [0.717, 1.165) is 6.07 Å². The van der Waals surface area contributed by atoms with Gasteiger partial charge >= 0.3 is 0 Å². The summed E-state index contributed by atoms with van der Waals surface area (Å²) in [5, 5.41) is 0. The molecule has 0 bridgehead atoms. The minimum absolute atomic E-state index is 0.156. The van der Waals surface area contributed by atoms with Gasteiger partial charge in [-0.3, -0.25) is 0 Å². The highest BCUT2D eigenvalue weighted by atomic mass is 19.2. The van der Waals surface area contributed by atoms with Gasteiger partial charge in [0.05, 0.1) is 12.1 Å². The Balaban J connectivity index is 3.10. The molecular formula is C14H21F2NO. The maximum Gasteiger partial charge on any atom is 0.163 e. The molecule has 0 fully saturated rings. The van der Waals surface area contributed by atoms with E-state index in [2.05, 4.69) is 0 Å². The first-order valence-electron chi connectivity index (χ1n) is 6.10. The molecule has 0 radical (unpaired) electrons. The van der Waals surface area contributed by atoms with E-state index in [1.807, 2.05) is 27.7 Å². The van der Waals surface area contributed by atoms with Crippen LogP contribution in [0.4, 0.5) is 8.78 Å².